The molecule has 1 aromatic heterocycles. The number of aryl methyl sites for hydroxylation is 1. The number of halogens is 2. The highest BCUT2D eigenvalue weighted by Crippen LogP contribution is 2.39. The monoisotopic (exact) mass is 350 g/mol. The summed E-state index contributed by atoms with van der Waals surface area (Å²) in [6.07, 6.45) is 4.37. The smallest absolute Gasteiger partial charge is 0.220 e. The molecule has 8 heteroatoms. The molecule has 3 rings (SSSR count). The van der Waals surface area contributed by atoms with Crippen molar-refractivity contribution in [1.29, 1.82) is 0 Å². The third-order valence-electron chi connectivity index (χ3n) is 4.49. The van der Waals surface area contributed by atoms with Crippen LogP contribution in [0.4, 0.5) is 8.78 Å². The van der Waals surface area contributed by atoms with Crippen LogP contribution < -0.4 is 5.32 Å². The maximum absolute atomic E-state index is 14.1. The maximum Gasteiger partial charge on any atom is 0.220 e. The van der Waals surface area contributed by atoms with Crippen molar-refractivity contribution >= 4 is 5.91 Å². The number of aromatic nitrogens is 3. The van der Waals surface area contributed by atoms with Crippen molar-refractivity contribution in [2.45, 2.75) is 44.4 Å². The summed E-state index contributed by atoms with van der Waals surface area (Å²) in [4.78, 5) is 16.1. The zero-order valence-electron chi connectivity index (χ0n) is 13.6. The van der Waals surface area contributed by atoms with E-state index in [1.165, 1.54) is 18.5 Å². The van der Waals surface area contributed by atoms with Crippen molar-refractivity contribution in [3.8, 4) is 0 Å². The molecular formula is C17H20F2N4O2. The quantitative estimate of drug-likeness (QED) is 0.800. The van der Waals surface area contributed by atoms with E-state index in [0.29, 0.717) is 25.8 Å². The Labute approximate surface area is 143 Å². The molecule has 2 N–H and O–H groups in total. The first-order chi connectivity index (χ1) is 12.0. The minimum Gasteiger partial charge on any atom is -0.393 e. The van der Waals surface area contributed by atoms with Gasteiger partial charge in [0.15, 0.2) is 0 Å². The molecule has 0 unspecified atom stereocenters. The van der Waals surface area contributed by atoms with Gasteiger partial charge in [-0.3, -0.25) is 9.48 Å². The number of hydrogen-bond donors (Lipinski definition) is 2. The number of rotatable bonds is 7. The predicted molar refractivity (Wildman–Crippen MR) is 85.2 cm³/mol. The summed E-state index contributed by atoms with van der Waals surface area (Å²) in [6.45, 7) is 0.561. The standard InChI is InChI=1S/C17H20F2N4O2/c18-12-3-4-14(15(19)8-12)17(11-6-13(24)7-11)22-16(25)2-1-5-23-10-20-9-21-23/h3-4,8-11,13,17,24H,1-2,5-7H2,(H,22,25)/t11?,13?,17-/m0/s1. The average Bonchev–Trinajstić information content (AvgIpc) is 3.04. The lowest BCUT2D eigenvalue weighted by Gasteiger charge is -2.38. The van der Waals surface area contributed by atoms with Crippen LogP contribution >= 0.6 is 0 Å². The highest BCUT2D eigenvalue weighted by atomic mass is 19.1. The summed E-state index contributed by atoms with van der Waals surface area (Å²) >= 11 is 0. The van der Waals surface area contributed by atoms with Gasteiger partial charge in [0, 0.05) is 24.6 Å². The van der Waals surface area contributed by atoms with E-state index < -0.39 is 23.8 Å². The Balaban J connectivity index is 1.62. The van der Waals surface area contributed by atoms with Gasteiger partial charge in [-0.15, -0.1) is 0 Å². The predicted octanol–water partition coefficient (Wildman–Crippen LogP) is 1.96. The Hall–Kier alpha value is -2.35. The number of nitrogens with one attached hydrogen (secondary N) is 1. The first-order valence-electron chi connectivity index (χ1n) is 8.27. The van der Waals surface area contributed by atoms with Crippen LogP contribution in [-0.4, -0.2) is 31.9 Å². The molecule has 1 aliphatic carbocycles. The van der Waals surface area contributed by atoms with E-state index in [-0.39, 0.29) is 23.8 Å². The third-order valence-corrected chi connectivity index (χ3v) is 4.49. The summed E-state index contributed by atoms with van der Waals surface area (Å²) < 4.78 is 28.9. The fourth-order valence-corrected chi connectivity index (χ4v) is 3.10. The number of amides is 1. The van der Waals surface area contributed by atoms with Gasteiger partial charge < -0.3 is 10.4 Å². The number of benzene rings is 1. The van der Waals surface area contributed by atoms with Crippen molar-refractivity contribution < 1.29 is 18.7 Å². The molecular weight excluding hydrogens is 330 g/mol. The van der Waals surface area contributed by atoms with Crippen LogP contribution in [-0.2, 0) is 11.3 Å². The highest BCUT2D eigenvalue weighted by molar-refractivity contribution is 5.76. The second-order valence-electron chi connectivity index (χ2n) is 6.36. The van der Waals surface area contributed by atoms with Gasteiger partial charge in [0.25, 0.3) is 0 Å². The molecule has 1 fully saturated rings. The van der Waals surface area contributed by atoms with E-state index in [9.17, 15) is 18.7 Å². The van der Waals surface area contributed by atoms with Crippen LogP contribution in [0.3, 0.4) is 0 Å². The van der Waals surface area contributed by atoms with Crippen LogP contribution in [0.2, 0.25) is 0 Å². The van der Waals surface area contributed by atoms with E-state index in [1.54, 1.807) is 11.0 Å². The zero-order chi connectivity index (χ0) is 17.8. The molecule has 1 heterocycles. The summed E-state index contributed by atoms with van der Waals surface area (Å²) in [5.74, 6) is -1.62. The average molecular weight is 350 g/mol. The first kappa shape index (κ1) is 17.5. The van der Waals surface area contributed by atoms with Gasteiger partial charge in [-0.1, -0.05) is 6.07 Å². The Bertz CT molecular complexity index is 717. The number of aliphatic hydroxyl groups excluding tert-OH is 1. The minimum atomic E-state index is -0.686. The summed E-state index contributed by atoms with van der Waals surface area (Å²) in [5.41, 5.74) is 0.253. The van der Waals surface area contributed by atoms with Gasteiger partial charge in [-0.2, -0.15) is 5.10 Å². The van der Waals surface area contributed by atoms with Crippen molar-refractivity contribution in [2.24, 2.45) is 5.92 Å². The molecule has 1 atom stereocenters. The van der Waals surface area contributed by atoms with Crippen LogP contribution in [0.15, 0.2) is 30.9 Å². The fourth-order valence-electron chi connectivity index (χ4n) is 3.10. The van der Waals surface area contributed by atoms with Gasteiger partial charge in [-0.05, 0) is 31.2 Å². The van der Waals surface area contributed by atoms with Gasteiger partial charge >= 0.3 is 0 Å². The number of carbonyl (C=O) groups excluding carboxylic acids is 1. The lowest BCUT2D eigenvalue weighted by Crippen LogP contribution is -2.41. The lowest BCUT2D eigenvalue weighted by molar-refractivity contribution is -0.123. The van der Waals surface area contributed by atoms with Crippen LogP contribution in [0.25, 0.3) is 0 Å². The third kappa shape index (κ3) is 4.39. The molecule has 0 spiro atoms. The summed E-state index contributed by atoms with van der Waals surface area (Å²) in [7, 11) is 0. The molecule has 25 heavy (non-hydrogen) atoms. The van der Waals surface area contributed by atoms with E-state index in [4.69, 9.17) is 0 Å². The Morgan fingerprint density at radius 3 is 2.84 bits per heavy atom. The van der Waals surface area contributed by atoms with E-state index in [2.05, 4.69) is 15.4 Å². The molecule has 1 aliphatic rings. The Kier molecular flexibility index (Phi) is 5.37. The maximum atomic E-state index is 14.1. The van der Waals surface area contributed by atoms with E-state index >= 15 is 0 Å². The minimum absolute atomic E-state index is 0.0609. The Morgan fingerprint density at radius 2 is 2.20 bits per heavy atom. The molecule has 0 bridgehead atoms. The fraction of sp³-hybridized carbons (Fsp3) is 0.471. The normalized spacial score (nSPS) is 20.8. The first-order valence-corrected chi connectivity index (χ1v) is 8.27. The summed E-state index contributed by atoms with van der Waals surface area (Å²) in [5, 5.41) is 16.3. The second-order valence-corrected chi connectivity index (χ2v) is 6.36. The number of aliphatic hydroxyl groups is 1. The van der Waals surface area contributed by atoms with Gasteiger partial charge in [0.05, 0.1) is 12.1 Å². The summed E-state index contributed by atoms with van der Waals surface area (Å²) in [6, 6.07) is 2.78. The van der Waals surface area contributed by atoms with E-state index in [0.717, 1.165) is 6.07 Å². The van der Waals surface area contributed by atoms with Crippen molar-refractivity contribution in [1.82, 2.24) is 20.1 Å². The van der Waals surface area contributed by atoms with Crippen molar-refractivity contribution in [3.63, 3.8) is 0 Å². The molecule has 1 saturated carbocycles. The lowest BCUT2D eigenvalue weighted by atomic mass is 9.75. The second kappa shape index (κ2) is 7.69. The topological polar surface area (TPSA) is 80.0 Å². The zero-order valence-corrected chi connectivity index (χ0v) is 13.6. The van der Waals surface area contributed by atoms with Gasteiger partial charge in [0.2, 0.25) is 5.91 Å². The van der Waals surface area contributed by atoms with Crippen LogP contribution in [0.5, 0.6) is 0 Å². The molecule has 1 amide bonds. The van der Waals surface area contributed by atoms with Crippen molar-refractivity contribution in [3.05, 3.63) is 48.1 Å². The van der Waals surface area contributed by atoms with Gasteiger partial charge in [0.1, 0.15) is 24.3 Å². The SMILES string of the molecule is O=C(CCCn1cncn1)N[C@H](c1ccc(F)cc1F)C1CC(O)C1. The number of carbonyl (C=O) groups is 1. The molecule has 0 aliphatic heterocycles. The molecule has 1 aromatic carbocycles. The molecule has 2 aromatic rings. The highest BCUT2D eigenvalue weighted by Gasteiger charge is 2.36. The molecule has 134 valence electrons. The number of hydrogen-bond acceptors (Lipinski definition) is 4. The largest absolute Gasteiger partial charge is 0.393 e. The molecule has 6 nitrogen and oxygen atoms in total. The number of nitrogens with zero attached hydrogens (tertiary/aromatic N) is 3. The van der Waals surface area contributed by atoms with Crippen LogP contribution in [0, 0.1) is 17.6 Å². The van der Waals surface area contributed by atoms with Crippen LogP contribution in [0.1, 0.15) is 37.3 Å². The van der Waals surface area contributed by atoms with Crippen molar-refractivity contribution in [2.75, 3.05) is 0 Å². The molecule has 0 radical (unpaired) electrons. The van der Waals surface area contributed by atoms with E-state index in [1.807, 2.05) is 0 Å². The Morgan fingerprint density at radius 1 is 1.40 bits per heavy atom. The molecule has 0 saturated heterocycles. The van der Waals surface area contributed by atoms with Gasteiger partial charge in [-0.25, -0.2) is 13.8 Å².